The van der Waals surface area contributed by atoms with Gasteiger partial charge in [0.1, 0.15) is 12.4 Å². The van der Waals surface area contributed by atoms with E-state index >= 15 is 0 Å². The van der Waals surface area contributed by atoms with Crippen molar-refractivity contribution < 1.29 is 14.3 Å². The van der Waals surface area contributed by atoms with Crippen LogP contribution in [0.1, 0.15) is 25.3 Å². The van der Waals surface area contributed by atoms with Crippen molar-refractivity contribution in [3.05, 3.63) is 71.9 Å². The maximum absolute atomic E-state index is 11.7. The molecule has 1 N–H and O–H groups in total. The van der Waals surface area contributed by atoms with E-state index in [1.54, 1.807) is 11.8 Å². The Balaban J connectivity index is 1.45. The minimum Gasteiger partial charge on any atom is -0.489 e. The Kier molecular flexibility index (Phi) is 6.10. The van der Waals surface area contributed by atoms with Crippen molar-refractivity contribution in [3.63, 3.8) is 0 Å². The number of hydrogen-bond acceptors (Lipinski definition) is 5. The maximum Gasteiger partial charge on any atom is 0.305 e. The summed E-state index contributed by atoms with van der Waals surface area (Å²) in [4.78, 5) is 17.3. The Labute approximate surface area is 174 Å². The van der Waals surface area contributed by atoms with Gasteiger partial charge in [-0.25, -0.2) is 0 Å². The van der Waals surface area contributed by atoms with Crippen molar-refractivity contribution in [1.82, 2.24) is 4.98 Å². The van der Waals surface area contributed by atoms with E-state index in [2.05, 4.69) is 39.7 Å². The molecule has 1 atom stereocenters. The number of ether oxygens (including phenoxy) is 2. The van der Waals surface area contributed by atoms with Crippen LogP contribution in [-0.4, -0.2) is 22.9 Å². The molecule has 1 aromatic heterocycles. The number of nitrogens with one attached hydrogen (secondary N) is 1. The summed E-state index contributed by atoms with van der Waals surface area (Å²) in [6, 6.07) is 16.3. The summed E-state index contributed by atoms with van der Waals surface area (Å²) in [7, 11) is 0. The zero-order valence-electron chi connectivity index (χ0n) is 16.3. The van der Waals surface area contributed by atoms with E-state index < -0.39 is 0 Å². The molecule has 5 nitrogen and oxygen atoms in total. The SMILES string of the molecule is CCOC(=O)CCC1SC=CN1c1c[nH]c2cc(OCc3ccccc3)ccc12. The quantitative estimate of drug-likeness (QED) is 0.503. The largest absolute Gasteiger partial charge is 0.489 e. The van der Waals surface area contributed by atoms with Crippen LogP contribution in [0.2, 0.25) is 0 Å². The molecule has 0 fully saturated rings. The van der Waals surface area contributed by atoms with E-state index in [1.807, 2.05) is 43.5 Å². The fourth-order valence-corrected chi connectivity index (χ4v) is 4.36. The van der Waals surface area contributed by atoms with Crippen molar-refractivity contribution in [2.45, 2.75) is 31.7 Å². The van der Waals surface area contributed by atoms with E-state index in [1.165, 1.54) is 0 Å². The number of rotatable bonds is 8. The number of aromatic amines is 1. The summed E-state index contributed by atoms with van der Waals surface area (Å²) in [6.45, 7) is 2.80. The third kappa shape index (κ3) is 4.59. The van der Waals surface area contributed by atoms with Crippen LogP contribution in [-0.2, 0) is 16.1 Å². The van der Waals surface area contributed by atoms with Crippen molar-refractivity contribution in [2.75, 3.05) is 11.5 Å². The fourth-order valence-electron chi connectivity index (χ4n) is 3.40. The van der Waals surface area contributed by atoms with E-state index in [0.717, 1.165) is 34.3 Å². The zero-order chi connectivity index (χ0) is 20.1. The molecule has 0 spiro atoms. The van der Waals surface area contributed by atoms with E-state index in [-0.39, 0.29) is 11.3 Å². The normalized spacial score (nSPS) is 15.8. The second-order valence-electron chi connectivity index (χ2n) is 6.78. The molecule has 0 aliphatic carbocycles. The molecule has 29 heavy (non-hydrogen) atoms. The van der Waals surface area contributed by atoms with Gasteiger partial charge in [0.25, 0.3) is 0 Å². The highest BCUT2D eigenvalue weighted by Gasteiger charge is 2.24. The number of thioether (sulfide) groups is 1. The molecule has 1 aliphatic heterocycles. The van der Waals surface area contributed by atoms with Crippen LogP contribution in [0.25, 0.3) is 10.9 Å². The number of aromatic nitrogens is 1. The number of hydrogen-bond donors (Lipinski definition) is 1. The predicted octanol–water partition coefficient (Wildman–Crippen LogP) is 5.44. The first kappa shape index (κ1) is 19.5. The molecule has 1 aliphatic rings. The molecule has 4 rings (SSSR count). The van der Waals surface area contributed by atoms with Crippen LogP contribution in [0.4, 0.5) is 5.69 Å². The molecule has 2 heterocycles. The van der Waals surface area contributed by atoms with E-state index in [0.29, 0.717) is 19.6 Å². The van der Waals surface area contributed by atoms with Crippen LogP contribution < -0.4 is 9.64 Å². The minimum atomic E-state index is -0.140. The first-order valence-electron chi connectivity index (χ1n) is 9.78. The van der Waals surface area contributed by atoms with Gasteiger partial charge in [0.15, 0.2) is 0 Å². The second-order valence-corrected chi connectivity index (χ2v) is 7.87. The number of benzene rings is 2. The molecule has 0 bridgehead atoms. The van der Waals surface area contributed by atoms with E-state index in [4.69, 9.17) is 9.47 Å². The van der Waals surface area contributed by atoms with Gasteiger partial charge in [-0.2, -0.15) is 0 Å². The van der Waals surface area contributed by atoms with Crippen molar-refractivity contribution in [1.29, 1.82) is 0 Å². The number of anilines is 1. The summed E-state index contributed by atoms with van der Waals surface area (Å²) in [5.74, 6) is 0.694. The van der Waals surface area contributed by atoms with Crippen molar-refractivity contribution in [3.8, 4) is 5.75 Å². The lowest BCUT2D eigenvalue weighted by atomic mass is 10.2. The summed E-state index contributed by atoms with van der Waals surface area (Å²) in [5, 5.41) is 3.39. The average Bonchev–Trinajstić information content (AvgIpc) is 3.37. The fraction of sp³-hybridized carbons (Fsp3) is 0.261. The number of esters is 1. The van der Waals surface area contributed by atoms with Gasteiger partial charge in [0.2, 0.25) is 0 Å². The zero-order valence-corrected chi connectivity index (χ0v) is 17.2. The third-order valence-corrected chi connectivity index (χ3v) is 5.88. The van der Waals surface area contributed by atoms with Gasteiger partial charge >= 0.3 is 5.97 Å². The van der Waals surface area contributed by atoms with Gasteiger partial charge in [-0.05, 0) is 36.4 Å². The molecule has 0 amide bonds. The first-order chi connectivity index (χ1) is 14.2. The molecule has 6 heteroatoms. The third-order valence-electron chi connectivity index (χ3n) is 4.83. The molecular formula is C23H24N2O3S. The lowest BCUT2D eigenvalue weighted by Crippen LogP contribution is -2.25. The Morgan fingerprint density at radius 1 is 1.21 bits per heavy atom. The van der Waals surface area contributed by atoms with Crippen molar-refractivity contribution >= 4 is 34.3 Å². The molecule has 2 aromatic carbocycles. The van der Waals surface area contributed by atoms with Crippen molar-refractivity contribution in [2.24, 2.45) is 0 Å². The monoisotopic (exact) mass is 408 g/mol. The molecule has 0 radical (unpaired) electrons. The van der Waals surface area contributed by atoms with Gasteiger partial charge in [0, 0.05) is 30.3 Å². The Bertz CT molecular complexity index is 1000. The predicted molar refractivity (Wildman–Crippen MR) is 118 cm³/mol. The average molecular weight is 409 g/mol. The molecule has 0 saturated heterocycles. The second kappa shape index (κ2) is 9.09. The number of carbonyl (C=O) groups is 1. The highest BCUT2D eigenvalue weighted by molar-refractivity contribution is 8.03. The highest BCUT2D eigenvalue weighted by atomic mass is 32.2. The molecule has 3 aromatic rings. The molecule has 0 saturated carbocycles. The smallest absolute Gasteiger partial charge is 0.305 e. The van der Waals surface area contributed by atoms with Crippen LogP contribution in [0.5, 0.6) is 5.75 Å². The first-order valence-corrected chi connectivity index (χ1v) is 10.7. The van der Waals surface area contributed by atoms with Gasteiger partial charge in [-0.3, -0.25) is 4.79 Å². The number of H-pyrrole nitrogens is 1. The summed E-state index contributed by atoms with van der Waals surface area (Å²) >= 11 is 1.73. The van der Waals surface area contributed by atoms with Crippen LogP contribution in [0, 0.1) is 0 Å². The van der Waals surface area contributed by atoms with Crippen LogP contribution in [0.15, 0.2) is 66.3 Å². The Morgan fingerprint density at radius 3 is 2.90 bits per heavy atom. The van der Waals surface area contributed by atoms with Gasteiger partial charge in [0.05, 0.1) is 23.2 Å². The Morgan fingerprint density at radius 2 is 2.07 bits per heavy atom. The standard InChI is InChI=1S/C23H24N2O3S/c1-2-27-23(26)11-10-22-25(12-13-29-22)21-15-24-20-14-18(8-9-19(20)21)28-16-17-6-4-3-5-7-17/h3-9,12-15,22,24H,2,10-11,16H2,1H3. The van der Waals surface area contributed by atoms with Crippen LogP contribution in [0.3, 0.4) is 0 Å². The molecular weight excluding hydrogens is 384 g/mol. The summed E-state index contributed by atoms with van der Waals surface area (Å²) in [5.41, 5.74) is 3.27. The summed E-state index contributed by atoms with van der Waals surface area (Å²) < 4.78 is 11.0. The lowest BCUT2D eigenvalue weighted by Gasteiger charge is -2.24. The number of fused-ring (bicyclic) bond motifs is 1. The highest BCUT2D eigenvalue weighted by Crippen LogP contribution is 2.38. The number of carbonyl (C=O) groups excluding carboxylic acids is 1. The van der Waals surface area contributed by atoms with Crippen LogP contribution >= 0.6 is 11.8 Å². The molecule has 150 valence electrons. The topological polar surface area (TPSA) is 54.6 Å². The van der Waals surface area contributed by atoms with E-state index in [9.17, 15) is 4.79 Å². The van der Waals surface area contributed by atoms with Gasteiger partial charge in [-0.1, -0.05) is 30.3 Å². The molecule has 1 unspecified atom stereocenters. The minimum absolute atomic E-state index is 0.140. The summed E-state index contributed by atoms with van der Waals surface area (Å²) in [6.07, 6.45) is 5.24. The van der Waals surface area contributed by atoms with Gasteiger partial charge < -0.3 is 19.4 Å². The maximum atomic E-state index is 11.7. The Hall–Kier alpha value is -2.86. The lowest BCUT2D eigenvalue weighted by molar-refractivity contribution is -0.143. The number of nitrogens with zero attached hydrogens (tertiary/aromatic N) is 1. The van der Waals surface area contributed by atoms with Gasteiger partial charge in [-0.15, -0.1) is 11.8 Å².